The first-order chi connectivity index (χ1) is 7.46. The molecule has 0 aliphatic rings. The summed E-state index contributed by atoms with van der Waals surface area (Å²) in [6.45, 7) is 12.6. The lowest BCUT2D eigenvalue weighted by molar-refractivity contribution is 0.268. The van der Waals surface area contributed by atoms with Gasteiger partial charge in [-0.25, -0.2) is 0 Å². The SMILES string of the molecule is CCCCCC(C)(C)Cn1c(C)ccc1C. The van der Waals surface area contributed by atoms with Gasteiger partial charge in [-0.3, -0.25) is 0 Å². The number of nitrogens with zero attached hydrogens (tertiary/aromatic N) is 1. The Hall–Kier alpha value is -0.720. The highest BCUT2D eigenvalue weighted by atomic mass is 15.0. The standard InChI is InChI=1S/C15H27N/c1-6-7-8-11-15(4,5)12-16-13(2)9-10-14(16)3/h9-10H,6-8,11-12H2,1-5H3. The predicted octanol–water partition coefficient (Wildman–Crippen LogP) is 4.71. The Morgan fingerprint density at radius 3 is 2.12 bits per heavy atom. The molecule has 92 valence electrons. The van der Waals surface area contributed by atoms with Gasteiger partial charge in [-0.05, 0) is 37.8 Å². The maximum atomic E-state index is 2.45. The highest BCUT2D eigenvalue weighted by Crippen LogP contribution is 2.27. The fraction of sp³-hybridized carbons (Fsp3) is 0.733. The summed E-state index contributed by atoms with van der Waals surface area (Å²) in [5.74, 6) is 0. The molecule has 0 atom stereocenters. The molecule has 0 N–H and O–H groups in total. The van der Waals surface area contributed by atoms with Crippen LogP contribution in [0.1, 0.15) is 57.8 Å². The van der Waals surface area contributed by atoms with E-state index in [9.17, 15) is 0 Å². The van der Waals surface area contributed by atoms with Crippen molar-refractivity contribution in [2.75, 3.05) is 0 Å². The zero-order valence-electron chi connectivity index (χ0n) is 11.6. The Morgan fingerprint density at radius 1 is 1.06 bits per heavy atom. The van der Waals surface area contributed by atoms with E-state index < -0.39 is 0 Å². The summed E-state index contributed by atoms with van der Waals surface area (Å²) in [5.41, 5.74) is 3.20. The zero-order valence-corrected chi connectivity index (χ0v) is 11.6. The molecular weight excluding hydrogens is 194 g/mol. The second-order valence-electron chi connectivity index (χ2n) is 5.82. The van der Waals surface area contributed by atoms with Crippen LogP contribution >= 0.6 is 0 Å². The van der Waals surface area contributed by atoms with Crippen LogP contribution in [-0.2, 0) is 6.54 Å². The number of aromatic nitrogens is 1. The molecule has 0 bridgehead atoms. The van der Waals surface area contributed by atoms with E-state index in [4.69, 9.17) is 0 Å². The van der Waals surface area contributed by atoms with Gasteiger partial charge in [0.1, 0.15) is 0 Å². The van der Waals surface area contributed by atoms with Gasteiger partial charge in [0.15, 0.2) is 0 Å². The van der Waals surface area contributed by atoms with Crippen molar-refractivity contribution in [3.63, 3.8) is 0 Å². The van der Waals surface area contributed by atoms with E-state index in [0.29, 0.717) is 5.41 Å². The molecule has 1 nitrogen and oxygen atoms in total. The molecule has 1 aromatic heterocycles. The second-order valence-corrected chi connectivity index (χ2v) is 5.82. The van der Waals surface area contributed by atoms with Crippen LogP contribution in [0.4, 0.5) is 0 Å². The van der Waals surface area contributed by atoms with Crippen molar-refractivity contribution >= 4 is 0 Å². The first kappa shape index (κ1) is 13.3. The van der Waals surface area contributed by atoms with Crippen molar-refractivity contribution in [3.8, 4) is 0 Å². The van der Waals surface area contributed by atoms with Gasteiger partial charge in [0.2, 0.25) is 0 Å². The van der Waals surface area contributed by atoms with E-state index in [1.807, 2.05) is 0 Å². The van der Waals surface area contributed by atoms with Crippen LogP contribution in [0.3, 0.4) is 0 Å². The Bertz CT molecular complexity index is 301. The van der Waals surface area contributed by atoms with Gasteiger partial charge in [0.25, 0.3) is 0 Å². The van der Waals surface area contributed by atoms with Gasteiger partial charge in [0.05, 0.1) is 0 Å². The molecule has 0 aliphatic heterocycles. The van der Waals surface area contributed by atoms with E-state index in [-0.39, 0.29) is 0 Å². The Labute approximate surface area is 101 Å². The van der Waals surface area contributed by atoms with Crippen LogP contribution in [0.2, 0.25) is 0 Å². The molecule has 0 aliphatic carbocycles. The van der Waals surface area contributed by atoms with Gasteiger partial charge in [-0.2, -0.15) is 0 Å². The Morgan fingerprint density at radius 2 is 1.62 bits per heavy atom. The molecule has 0 saturated carbocycles. The quantitative estimate of drug-likeness (QED) is 0.613. The molecular formula is C15H27N. The van der Waals surface area contributed by atoms with E-state index in [2.05, 4.69) is 51.3 Å². The summed E-state index contributed by atoms with van der Waals surface area (Å²) in [7, 11) is 0. The van der Waals surface area contributed by atoms with Crippen molar-refractivity contribution in [2.45, 2.75) is 66.8 Å². The van der Waals surface area contributed by atoms with Gasteiger partial charge in [-0.15, -0.1) is 0 Å². The number of unbranched alkanes of at least 4 members (excludes halogenated alkanes) is 2. The molecule has 0 radical (unpaired) electrons. The molecule has 1 aromatic rings. The minimum atomic E-state index is 0.420. The molecule has 16 heavy (non-hydrogen) atoms. The minimum absolute atomic E-state index is 0.420. The molecule has 0 fully saturated rings. The van der Waals surface area contributed by atoms with Crippen LogP contribution in [0.15, 0.2) is 12.1 Å². The first-order valence-electron chi connectivity index (χ1n) is 6.59. The monoisotopic (exact) mass is 221 g/mol. The maximum absolute atomic E-state index is 2.45. The predicted molar refractivity (Wildman–Crippen MR) is 71.8 cm³/mol. The van der Waals surface area contributed by atoms with Gasteiger partial charge in [-0.1, -0.05) is 40.0 Å². The van der Waals surface area contributed by atoms with Gasteiger partial charge >= 0.3 is 0 Å². The third-order valence-electron chi connectivity index (χ3n) is 3.46. The van der Waals surface area contributed by atoms with Crippen molar-refractivity contribution in [1.29, 1.82) is 0 Å². The van der Waals surface area contributed by atoms with Crippen molar-refractivity contribution < 1.29 is 0 Å². The normalized spacial score (nSPS) is 12.1. The fourth-order valence-corrected chi connectivity index (χ4v) is 2.31. The summed E-state index contributed by atoms with van der Waals surface area (Å²) >= 11 is 0. The minimum Gasteiger partial charge on any atom is -0.349 e. The Balaban J connectivity index is 2.58. The molecule has 0 aromatic carbocycles. The number of hydrogen-bond acceptors (Lipinski definition) is 0. The smallest absolute Gasteiger partial charge is 0.0275 e. The molecule has 0 spiro atoms. The van der Waals surface area contributed by atoms with Crippen LogP contribution in [0, 0.1) is 19.3 Å². The van der Waals surface area contributed by atoms with Crippen LogP contribution < -0.4 is 0 Å². The Kier molecular flexibility index (Phi) is 4.64. The summed E-state index contributed by atoms with van der Waals surface area (Å²) in [4.78, 5) is 0. The molecule has 1 heteroatoms. The third kappa shape index (κ3) is 3.70. The summed E-state index contributed by atoms with van der Waals surface area (Å²) in [6, 6.07) is 4.44. The summed E-state index contributed by atoms with van der Waals surface area (Å²) in [5, 5.41) is 0. The average molecular weight is 221 g/mol. The van der Waals surface area contributed by atoms with Gasteiger partial charge < -0.3 is 4.57 Å². The van der Waals surface area contributed by atoms with Crippen LogP contribution in [-0.4, -0.2) is 4.57 Å². The third-order valence-corrected chi connectivity index (χ3v) is 3.46. The van der Waals surface area contributed by atoms with Crippen molar-refractivity contribution in [2.24, 2.45) is 5.41 Å². The summed E-state index contributed by atoms with van der Waals surface area (Å²) in [6.07, 6.45) is 5.38. The highest BCUT2D eigenvalue weighted by molar-refractivity contribution is 5.13. The van der Waals surface area contributed by atoms with Crippen LogP contribution in [0.25, 0.3) is 0 Å². The zero-order chi connectivity index (χ0) is 12.2. The topological polar surface area (TPSA) is 4.93 Å². The lowest BCUT2D eigenvalue weighted by atomic mass is 9.86. The largest absolute Gasteiger partial charge is 0.349 e. The second kappa shape index (κ2) is 5.56. The van der Waals surface area contributed by atoms with E-state index in [0.717, 1.165) is 6.54 Å². The van der Waals surface area contributed by atoms with E-state index in [1.54, 1.807) is 0 Å². The summed E-state index contributed by atoms with van der Waals surface area (Å²) < 4.78 is 2.45. The number of hydrogen-bond donors (Lipinski definition) is 0. The highest BCUT2D eigenvalue weighted by Gasteiger charge is 2.19. The molecule has 0 unspecified atom stereocenters. The lowest BCUT2D eigenvalue weighted by Crippen LogP contribution is -2.21. The number of rotatable bonds is 6. The lowest BCUT2D eigenvalue weighted by Gasteiger charge is -2.27. The number of aryl methyl sites for hydroxylation is 2. The maximum Gasteiger partial charge on any atom is 0.0275 e. The van der Waals surface area contributed by atoms with E-state index in [1.165, 1.54) is 37.1 Å². The first-order valence-corrected chi connectivity index (χ1v) is 6.59. The van der Waals surface area contributed by atoms with Crippen LogP contribution in [0.5, 0.6) is 0 Å². The van der Waals surface area contributed by atoms with E-state index >= 15 is 0 Å². The molecule has 1 heterocycles. The average Bonchev–Trinajstić information content (AvgIpc) is 2.49. The molecule has 1 rings (SSSR count). The van der Waals surface area contributed by atoms with Crippen molar-refractivity contribution in [3.05, 3.63) is 23.5 Å². The molecule has 0 saturated heterocycles. The van der Waals surface area contributed by atoms with Crippen molar-refractivity contribution in [1.82, 2.24) is 4.57 Å². The fourth-order valence-electron chi connectivity index (χ4n) is 2.31. The van der Waals surface area contributed by atoms with Gasteiger partial charge in [0, 0.05) is 17.9 Å². The molecule has 0 amide bonds.